The van der Waals surface area contributed by atoms with E-state index in [1.807, 2.05) is 9.80 Å². The van der Waals surface area contributed by atoms with Gasteiger partial charge in [0.15, 0.2) is 0 Å². The third-order valence-corrected chi connectivity index (χ3v) is 5.70. The first kappa shape index (κ1) is 18.0. The summed E-state index contributed by atoms with van der Waals surface area (Å²) in [4.78, 5) is 29.3. The normalized spacial score (nSPS) is 21.6. The van der Waals surface area contributed by atoms with Crippen LogP contribution in [0.15, 0.2) is 24.3 Å². The van der Waals surface area contributed by atoms with Gasteiger partial charge in [-0.3, -0.25) is 9.59 Å². The monoisotopic (exact) mass is 342 g/mol. The molecule has 2 aliphatic rings. The molecule has 136 valence electrons. The van der Waals surface area contributed by atoms with Crippen molar-refractivity contribution >= 4 is 11.8 Å². The summed E-state index contributed by atoms with van der Waals surface area (Å²) in [5, 5.41) is 0. The Bertz CT molecular complexity index is 605. The molecular formula is C21H30N2O2. The van der Waals surface area contributed by atoms with Crippen molar-refractivity contribution in [2.45, 2.75) is 65.0 Å². The van der Waals surface area contributed by atoms with E-state index in [4.69, 9.17) is 0 Å². The number of hydrogen-bond acceptors (Lipinski definition) is 2. The smallest absolute Gasteiger partial charge is 0.228 e. The van der Waals surface area contributed by atoms with Gasteiger partial charge in [-0.15, -0.1) is 0 Å². The summed E-state index contributed by atoms with van der Waals surface area (Å²) < 4.78 is 0. The van der Waals surface area contributed by atoms with Crippen molar-refractivity contribution in [1.82, 2.24) is 9.80 Å². The summed E-state index contributed by atoms with van der Waals surface area (Å²) in [6, 6.07) is 8.66. The Morgan fingerprint density at radius 2 is 1.84 bits per heavy atom. The van der Waals surface area contributed by atoms with E-state index in [2.05, 4.69) is 38.1 Å². The van der Waals surface area contributed by atoms with Gasteiger partial charge in [0.05, 0.1) is 5.92 Å². The fraction of sp³-hybridized carbons (Fsp3) is 0.619. The maximum atomic E-state index is 13.0. The lowest BCUT2D eigenvalue weighted by molar-refractivity contribution is -0.138. The fourth-order valence-electron chi connectivity index (χ4n) is 4.23. The number of rotatable bonds is 5. The molecule has 1 atom stereocenters. The van der Waals surface area contributed by atoms with Crippen LogP contribution < -0.4 is 0 Å². The summed E-state index contributed by atoms with van der Waals surface area (Å²) in [6.45, 7) is 6.05. The molecule has 4 heteroatoms. The lowest BCUT2D eigenvalue weighted by Gasteiger charge is -2.35. The molecule has 0 spiro atoms. The molecule has 0 radical (unpaired) electrons. The van der Waals surface area contributed by atoms with E-state index in [0.717, 1.165) is 24.9 Å². The highest BCUT2D eigenvalue weighted by atomic mass is 16.2. The van der Waals surface area contributed by atoms with Crippen molar-refractivity contribution < 1.29 is 9.59 Å². The molecule has 1 aliphatic carbocycles. The van der Waals surface area contributed by atoms with Gasteiger partial charge < -0.3 is 9.80 Å². The van der Waals surface area contributed by atoms with Gasteiger partial charge in [-0.1, -0.05) is 49.1 Å². The van der Waals surface area contributed by atoms with Gasteiger partial charge in [0.2, 0.25) is 11.8 Å². The molecule has 2 amide bonds. The Kier molecular flexibility index (Phi) is 5.77. The van der Waals surface area contributed by atoms with E-state index in [1.54, 1.807) is 0 Å². The molecule has 0 N–H and O–H groups in total. The Morgan fingerprint density at radius 1 is 1.16 bits per heavy atom. The molecule has 1 aromatic carbocycles. The average Bonchev–Trinajstić information content (AvgIpc) is 2.99. The number of aryl methyl sites for hydroxylation is 1. The van der Waals surface area contributed by atoms with Crippen molar-refractivity contribution in [3.8, 4) is 0 Å². The Labute approximate surface area is 151 Å². The standard InChI is InChI=1S/C21H30N2O2/c1-3-23(19-7-5-4-6-8-19)21(25)18-13-20(24)22(15-18)14-17-11-9-16(2)10-12-17/h9-12,18-19H,3-8,13-15H2,1-2H3. The van der Waals surface area contributed by atoms with Crippen molar-refractivity contribution in [2.24, 2.45) is 5.92 Å². The van der Waals surface area contributed by atoms with Crippen LogP contribution >= 0.6 is 0 Å². The van der Waals surface area contributed by atoms with Crippen LogP contribution in [0.4, 0.5) is 0 Å². The molecule has 1 aliphatic heterocycles. The van der Waals surface area contributed by atoms with Crippen molar-refractivity contribution in [3.63, 3.8) is 0 Å². The molecule has 25 heavy (non-hydrogen) atoms. The highest BCUT2D eigenvalue weighted by molar-refractivity contribution is 5.89. The zero-order chi connectivity index (χ0) is 17.8. The van der Waals surface area contributed by atoms with Crippen LogP contribution in [0, 0.1) is 12.8 Å². The van der Waals surface area contributed by atoms with Crippen LogP contribution in [-0.4, -0.2) is 40.7 Å². The number of carbonyl (C=O) groups is 2. The number of nitrogens with zero attached hydrogens (tertiary/aromatic N) is 2. The predicted octanol–water partition coefficient (Wildman–Crippen LogP) is 3.52. The molecule has 1 unspecified atom stereocenters. The van der Waals surface area contributed by atoms with Gasteiger partial charge in [0.25, 0.3) is 0 Å². The molecule has 1 saturated heterocycles. The molecule has 1 aromatic rings. The second kappa shape index (κ2) is 8.03. The molecule has 3 rings (SSSR count). The molecule has 2 fully saturated rings. The highest BCUT2D eigenvalue weighted by Gasteiger charge is 2.38. The predicted molar refractivity (Wildman–Crippen MR) is 99.0 cm³/mol. The van der Waals surface area contributed by atoms with Crippen molar-refractivity contribution in [1.29, 1.82) is 0 Å². The van der Waals surface area contributed by atoms with Crippen LogP contribution in [0.3, 0.4) is 0 Å². The molecule has 0 bridgehead atoms. The first-order valence-corrected chi connectivity index (χ1v) is 9.72. The molecular weight excluding hydrogens is 312 g/mol. The van der Waals surface area contributed by atoms with Crippen LogP contribution in [-0.2, 0) is 16.1 Å². The first-order chi connectivity index (χ1) is 12.1. The van der Waals surface area contributed by atoms with Crippen molar-refractivity contribution in [3.05, 3.63) is 35.4 Å². The van der Waals surface area contributed by atoms with Crippen LogP contribution in [0.5, 0.6) is 0 Å². The maximum Gasteiger partial charge on any atom is 0.228 e. The van der Waals surface area contributed by atoms with E-state index in [0.29, 0.717) is 25.6 Å². The van der Waals surface area contributed by atoms with Gasteiger partial charge in [-0.05, 0) is 32.3 Å². The summed E-state index contributed by atoms with van der Waals surface area (Å²) in [5.74, 6) is 0.132. The van der Waals surface area contributed by atoms with Crippen LogP contribution in [0.2, 0.25) is 0 Å². The topological polar surface area (TPSA) is 40.6 Å². The Morgan fingerprint density at radius 3 is 2.48 bits per heavy atom. The zero-order valence-electron chi connectivity index (χ0n) is 15.5. The molecule has 1 heterocycles. The van der Waals surface area contributed by atoms with Gasteiger partial charge in [0.1, 0.15) is 0 Å². The minimum Gasteiger partial charge on any atom is -0.340 e. The van der Waals surface area contributed by atoms with E-state index >= 15 is 0 Å². The fourth-order valence-corrected chi connectivity index (χ4v) is 4.23. The van der Waals surface area contributed by atoms with E-state index < -0.39 is 0 Å². The van der Waals surface area contributed by atoms with Crippen LogP contribution in [0.25, 0.3) is 0 Å². The first-order valence-electron chi connectivity index (χ1n) is 9.72. The quantitative estimate of drug-likeness (QED) is 0.821. The number of hydrogen-bond donors (Lipinski definition) is 0. The second-order valence-electron chi connectivity index (χ2n) is 7.58. The summed E-state index contributed by atoms with van der Waals surface area (Å²) in [6.07, 6.45) is 6.33. The lowest BCUT2D eigenvalue weighted by Crippen LogP contribution is -2.44. The summed E-state index contributed by atoms with van der Waals surface area (Å²) in [5.41, 5.74) is 2.35. The van der Waals surface area contributed by atoms with Crippen molar-refractivity contribution in [2.75, 3.05) is 13.1 Å². The van der Waals surface area contributed by atoms with Gasteiger partial charge >= 0.3 is 0 Å². The second-order valence-corrected chi connectivity index (χ2v) is 7.58. The number of amides is 2. The average molecular weight is 342 g/mol. The van der Waals surface area contributed by atoms with Crippen LogP contribution in [0.1, 0.15) is 56.6 Å². The SMILES string of the molecule is CCN(C(=O)C1CC(=O)N(Cc2ccc(C)cc2)C1)C1CCCCC1. The highest BCUT2D eigenvalue weighted by Crippen LogP contribution is 2.27. The van der Waals surface area contributed by atoms with Gasteiger partial charge in [0, 0.05) is 32.1 Å². The third-order valence-electron chi connectivity index (χ3n) is 5.70. The van der Waals surface area contributed by atoms with Gasteiger partial charge in [-0.25, -0.2) is 0 Å². The molecule has 1 saturated carbocycles. The maximum absolute atomic E-state index is 13.0. The summed E-state index contributed by atoms with van der Waals surface area (Å²) in [7, 11) is 0. The largest absolute Gasteiger partial charge is 0.340 e. The van der Waals surface area contributed by atoms with E-state index in [9.17, 15) is 9.59 Å². The zero-order valence-corrected chi connectivity index (χ0v) is 15.5. The lowest BCUT2D eigenvalue weighted by atomic mass is 9.93. The molecule has 0 aromatic heterocycles. The summed E-state index contributed by atoms with van der Waals surface area (Å²) >= 11 is 0. The Hall–Kier alpha value is -1.84. The minimum atomic E-state index is -0.167. The Balaban J connectivity index is 1.62. The van der Waals surface area contributed by atoms with Gasteiger partial charge in [-0.2, -0.15) is 0 Å². The molecule has 4 nitrogen and oxygen atoms in total. The minimum absolute atomic E-state index is 0.110. The number of carbonyl (C=O) groups excluding carboxylic acids is 2. The third kappa shape index (κ3) is 4.23. The van der Waals surface area contributed by atoms with E-state index in [1.165, 1.54) is 24.8 Å². The number of benzene rings is 1. The van der Waals surface area contributed by atoms with E-state index in [-0.39, 0.29) is 17.7 Å². The number of likely N-dealkylation sites (tertiary alicyclic amines) is 1.